The Kier molecular flexibility index (Phi) is 5.96. The zero-order chi connectivity index (χ0) is 19.9. The van der Waals surface area contributed by atoms with E-state index in [0.717, 1.165) is 0 Å². The molecule has 6 nitrogen and oxygen atoms in total. The molecule has 1 heterocycles. The van der Waals surface area contributed by atoms with Gasteiger partial charge in [0.25, 0.3) is 11.8 Å². The maximum atomic E-state index is 13.2. The Bertz CT molecular complexity index is 990. The molecular formula is C21H18FN3O3. The second-order valence-corrected chi connectivity index (χ2v) is 5.81. The van der Waals surface area contributed by atoms with Gasteiger partial charge in [-0.1, -0.05) is 6.07 Å². The van der Waals surface area contributed by atoms with E-state index in [1.807, 2.05) is 6.92 Å². The van der Waals surface area contributed by atoms with Crippen molar-refractivity contribution in [3.63, 3.8) is 0 Å². The second-order valence-electron chi connectivity index (χ2n) is 5.81. The lowest BCUT2D eigenvalue weighted by Gasteiger charge is -2.08. The summed E-state index contributed by atoms with van der Waals surface area (Å²) in [5.74, 6) is -0.678. The van der Waals surface area contributed by atoms with Crippen LogP contribution < -0.4 is 15.4 Å². The van der Waals surface area contributed by atoms with Crippen molar-refractivity contribution in [1.29, 1.82) is 0 Å². The Balaban J connectivity index is 1.69. The van der Waals surface area contributed by atoms with Gasteiger partial charge < -0.3 is 15.4 Å². The summed E-state index contributed by atoms with van der Waals surface area (Å²) < 4.78 is 18.6. The number of nitrogens with one attached hydrogen (secondary N) is 2. The van der Waals surface area contributed by atoms with Gasteiger partial charge in [-0.15, -0.1) is 0 Å². The van der Waals surface area contributed by atoms with E-state index in [1.165, 1.54) is 36.5 Å². The minimum atomic E-state index is -0.540. The van der Waals surface area contributed by atoms with Crippen LogP contribution in [-0.4, -0.2) is 23.4 Å². The summed E-state index contributed by atoms with van der Waals surface area (Å²) in [4.78, 5) is 28.7. The maximum Gasteiger partial charge on any atom is 0.274 e. The zero-order valence-corrected chi connectivity index (χ0v) is 15.1. The van der Waals surface area contributed by atoms with E-state index in [1.54, 1.807) is 30.3 Å². The molecule has 0 aliphatic heterocycles. The molecule has 2 aromatic carbocycles. The molecular weight excluding hydrogens is 361 g/mol. The minimum Gasteiger partial charge on any atom is -0.494 e. The van der Waals surface area contributed by atoms with Gasteiger partial charge in [0.15, 0.2) is 0 Å². The molecule has 0 bridgehead atoms. The number of anilines is 2. The van der Waals surface area contributed by atoms with Gasteiger partial charge in [-0.3, -0.25) is 14.6 Å². The van der Waals surface area contributed by atoms with Crippen molar-refractivity contribution >= 4 is 23.2 Å². The first-order valence-electron chi connectivity index (χ1n) is 8.62. The molecule has 0 spiro atoms. The molecule has 0 unspecified atom stereocenters. The Morgan fingerprint density at radius 2 is 1.71 bits per heavy atom. The Morgan fingerprint density at radius 3 is 2.43 bits per heavy atom. The van der Waals surface area contributed by atoms with E-state index < -0.39 is 11.7 Å². The smallest absolute Gasteiger partial charge is 0.274 e. The van der Waals surface area contributed by atoms with E-state index in [9.17, 15) is 14.0 Å². The van der Waals surface area contributed by atoms with E-state index >= 15 is 0 Å². The molecule has 7 heteroatoms. The molecule has 0 aliphatic rings. The van der Waals surface area contributed by atoms with E-state index in [0.29, 0.717) is 23.7 Å². The molecule has 0 radical (unpaired) electrons. The summed E-state index contributed by atoms with van der Waals surface area (Å²) in [7, 11) is 0. The minimum absolute atomic E-state index is 0.0450. The van der Waals surface area contributed by atoms with Gasteiger partial charge in [-0.2, -0.15) is 0 Å². The van der Waals surface area contributed by atoms with Crippen LogP contribution in [0.5, 0.6) is 5.75 Å². The normalized spacial score (nSPS) is 10.2. The number of carbonyl (C=O) groups is 2. The Hall–Kier alpha value is -3.74. The van der Waals surface area contributed by atoms with Gasteiger partial charge in [-0.25, -0.2) is 4.39 Å². The zero-order valence-electron chi connectivity index (χ0n) is 15.1. The number of rotatable bonds is 6. The number of carbonyl (C=O) groups excluding carboxylic acids is 2. The van der Waals surface area contributed by atoms with Crippen molar-refractivity contribution in [2.45, 2.75) is 6.92 Å². The van der Waals surface area contributed by atoms with Crippen LogP contribution in [0.3, 0.4) is 0 Å². The fourth-order valence-corrected chi connectivity index (χ4v) is 2.46. The molecule has 2 amide bonds. The quantitative estimate of drug-likeness (QED) is 0.675. The lowest BCUT2D eigenvalue weighted by molar-refractivity contribution is 0.102. The first-order valence-corrected chi connectivity index (χ1v) is 8.62. The van der Waals surface area contributed by atoms with Crippen molar-refractivity contribution < 1.29 is 18.7 Å². The summed E-state index contributed by atoms with van der Waals surface area (Å²) in [6.07, 6.45) is 1.37. The highest BCUT2D eigenvalue weighted by atomic mass is 19.1. The van der Waals surface area contributed by atoms with Crippen LogP contribution in [-0.2, 0) is 0 Å². The number of nitrogens with zero attached hydrogens (tertiary/aromatic N) is 1. The lowest BCUT2D eigenvalue weighted by atomic mass is 10.2. The molecule has 28 heavy (non-hydrogen) atoms. The lowest BCUT2D eigenvalue weighted by Crippen LogP contribution is -2.17. The van der Waals surface area contributed by atoms with Crippen LogP contribution in [0.4, 0.5) is 15.8 Å². The topological polar surface area (TPSA) is 80.3 Å². The summed E-state index contributed by atoms with van der Waals surface area (Å²) in [6.45, 7) is 2.45. The maximum absolute atomic E-state index is 13.2. The summed E-state index contributed by atoms with van der Waals surface area (Å²) in [6, 6.07) is 15.3. The summed E-state index contributed by atoms with van der Waals surface area (Å²) in [5.41, 5.74) is 1.21. The summed E-state index contributed by atoms with van der Waals surface area (Å²) in [5, 5.41) is 5.29. The standard InChI is InChI=1S/C21H18FN3O3/c1-2-28-18-8-6-16(7-9-18)24-20(26)14-10-11-23-19(12-14)21(27)25-17-5-3-4-15(22)13-17/h3-13H,2H2,1H3,(H,24,26)(H,25,27). The second kappa shape index (κ2) is 8.77. The molecule has 3 rings (SSSR count). The molecule has 0 saturated heterocycles. The average Bonchev–Trinajstić information content (AvgIpc) is 2.70. The number of benzene rings is 2. The first kappa shape index (κ1) is 19.0. The largest absolute Gasteiger partial charge is 0.494 e. The molecule has 142 valence electrons. The number of halogens is 1. The molecule has 1 aromatic heterocycles. The predicted octanol–water partition coefficient (Wildman–Crippen LogP) is 4.12. The Morgan fingerprint density at radius 1 is 0.964 bits per heavy atom. The highest BCUT2D eigenvalue weighted by Gasteiger charge is 2.13. The monoisotopic (exact) mass is 379 g/mol. The Labute approximate surface area is 161 Å². The first-order chi connectivity index (χ1) is 13.5. The number of hydrogen-bond donors (Lipinski definition) is 2. The van der Waals surface area contributed by atoms with Crippen LogP contribution in [0.1, 0.15) is 27.8 Å². The van der Waals surface area contributed by atoms with Gasteiger partial charge in [0.05, 0.1) is 6.61 Å². The van der Waals surface area contributed by atoms with Crippen molar-refractivity contribution in [2.75, 3.05) is 17.2 Å². The van der Waals surface area contributed by atoms with Crippen LogP contribution in [0.15, 0.2) is 66.9 Å². The third kappa shape index (κ3) is 4.91. The molecule has 0 atom stereocenters. The van der Waals surface area contributed by atoms with Crippen LogP contribution >= 0.6 is 0 Å². The van der Waals surface area contributed by atoms with Crippen molar-refractivity contribution in [1.82, 2.24) is 4.98 Å². The summed E-state index contributed by atoms with van der Waals surface area (Å²) >= 11 is 0. The fourth-order valence-electron chi connectivity index (χ4n) is 2.46. The van der Waals surface area contributed by atoms with E-state index in [4.69, 9.17) is 4.74 Å². The molecule has 2 N–H and O–H groups in total. The number of pyridine rings is 1. The molecule has 0 saturated carbocycles. The third-order valence-electron chi connectivity index (χ3n) is 3.76. The van der Waals surface area contributed by atoms with Crippen LogP contribution in [0.25, 0.3) is 0 Å². The highest BCUT2D eigenvalue weighted by Crippen LogP contribution is 2.17. The average molecular weight is 379 g/mol. The van der Waals surface area contributed by atoms with Crippen molar-refractivity contribution in [2.24, 2.45) is 0 Å². The predicted molar refractivity (Wildman–Crippen MR) is 104 cm³/mol. The SMILES string of the molecule is CCOc1ccc(NC(=O)c2ccnc(C(=O)Nc3cccc(F)c3)c2)cc1. The number of amides is 2. The number of aromatic nitrogens is 1. The molecule has 3 aromatic rings. The van der Waals surface area contributed by atoms with E-state index in [-0.39, 0.29) is 17.2 Å². The molecule has 0 fully saturated rings. The van der Waals surface area contributed by atoms with Crippen LogP contribution in [0, 0.1) is 5.82 Å². The van der Waals surface area contributed by atoms with Crippen molar-refractivity contribution in [3.8, 4) is 5.75 Å². The van der Waals surface area contributed by atoms with E-state index in [2.05, 4.69) is 15.6 Å². The van der Waals surface area contributed by atoms with Crippen LogP contribution in [0.2, 0.25) is 0 Å². The van der Waals surface area contributed by atoms with Gasteiger partial charge in [0.2, 0.25) is 0 Å². The third-order valence-corrected chi connectivity index (χ3v) is 3.76. The molecule has 0 aliphatic carbocycles. The van der Waals surface area contributed by atoms with Gasteiger partial charge in [-0.05, 0) is 61.5 Å². The number of ether oxygens (including phenoxy) is 1. The van der Waals surface area contributed by atoms with Gasteiger partial charge in [0, 0.05) is 23.1 Å². The highest BCUT2D eigenvalue weighted by molar-refractivity contribution is 6.07. The number of hydrogen-bond acceptors (Lipinski definition) is 4. The van der Waals surface area contributed by atoms with Gasteiger partial charge in [0.1, 0.15) is 17.3 Å². The van der Waals surface area contributed by atoms with Gasteiger partial charge >= 0.3 is 0 Å². The van der Waals surface area contributed by atoms with Crippen molar-refractivity contribution in [3.05, 3.63) is 83.9 Å². The fraction of sp³-hybridized carbons (Fsp3) is 0.0952.